The third-order valence-electron chi connectivity index (χ3n) is 6.08. The molecule has 3 nitrogen and oxygen atoms in total. The van der Waals surface area contributed by atoms with Crippen LogP contribution in [0.15, 0.2) is 36.4 Å². The third-order valence-corrected chi connectivity index (χ3v) is 6.75. The summed E-state index contributed by atoms with van der Waals surface area (Å²) in [5, 5.41) is 4.67. The molecular formula is C23H26Cl2N2O. The summed E-state index contributed by atoms with van der Waals surface area (Å²) >= 11 is 13.2. The predicted molar refractivity (Wildman–Crippen MR) is 116 cm³/mol. The first kappa shape index (κ1) is 19.8. The summed E-state index contributed by atoms with van der Waals surface area (Å²) in [6.07, 6.45) is 3.59. The fourth-order valence-electron chi connectivity index (χ4n) is 4.39. The van der Waals surface area contributed by atoms with Crippen molar-refractivity contribution in [3.63, 3.8) is 0 Å². The summed E-state index contributed by atoms with van der Waals surface area (Å²) < 4.78 is 0. The molecule has 28 heavy (non-hydrogen) atoms. The maximum absolute atomic E-state index is 13.0. The molecule has 2 heterocycles. The predicted octanol–water partition coefficient (Wildman–Crippen LogP) is 5.11. The third kappa shape index (κ3) is 4.07. The molecule has 2 saturated heterocycles. The first-order valence-electron chi connectivity index (χ1n) is 10.1. The molecule has 1 amide bonds. The van der Waals surface area contributed by atoms with Crippen LogP contribution in [0.3, 0.4) is 0 Å². The lowest BCUT2D eigenvalue weighted by molar-refractivity contribution is -0.133. The van der Waals surface area contributed by atoms with Gasteiger partial charge in [-0.2, -0.15) is 0 Å². The number of piperidine rings is 1. The van der Waals surface area contributed by atoms with Crippen LogP contribution in [0.4, 0.5) is 0 Å². The number of amides is 1. The van der Waals surface area contributed by atoms with Crippen molar-refractivity contribution in [1.82, 2.24) is 10.2 Å². The van der Waals surface area contributed by atoms with Crippen LogP contribution in [0.2, 0.25) is 10.0 Å². The number of likely N-dealkylation sites (tertiary alicyclic amines) is 1. The van der Waals surface area contributed by atoms with Gasteiger partial charge in [-0.05, 0) is 74.5 Å². The zero-order valence-corrected chi connectivity index (χ0v) is 17.7. The summed E-state index contributed by atoms with van der Waals surface area (Å²) in [5.41, 5.74) is 4.21. The van der Waals surface area contributed by atoms with Crippen molar-refractivity contribution in [3.8, 4) is 11.1 Å². The Morgan fingerprint density at radius 2 is 1.64 bits per heavy atom. The van der Waals surface area contributed by atoms with E-state index in [4.69, 9.17) is 23.2 Å². The van der Waals surface area contributed by atoms with Crippen LogP contribution in [0.25, 0.3) is 11.1 Å². The van der Waals surface area contributed by atoms with Crippen molar-refractivity contribution in [2.24, 2.45) is 5.92 Å². The Morgan fingerprint density at radius 3 is 2.29 bits per heavy atom. The highest BCUT2D eigenvalue weighted by Crippen LogP contribution is 2.36. The molecule has 0 unspecified atom stereocenters. The number of hydrogen-bond acceptors (Lipinski definition) is 2. The van der Waals surface area contributed by atoms with E-state index in [0.717, 1.165) is 55.6 Å². The second kappa shape index (κ2) is 8.44. The van der Waals surface area contributed by atoms with E-state index >= 15 is 0 Å². The Balaban J connectivity index is 1.50. The molecule has 0 saturated carbocycles. The molecule has 0 aliphatic carbocycles. The number of nitrogens with zero attached hydrogens (tertiary/aromatic N) is 1. The number of nitrogens with one attached hydrogen (secondary N) is 1. The van der Waals surface area contributed by atoms with E-state index in [0.29, 0.717) is 22.5 Å². The summed E-state index contributed by atoms with van der Waals surface area (Å²) in [7, 11) is 0. The fraction of sp³-hybridized carbons (Fsp3) is 0.435. The van der Waals surface area contributed by atoms with Crippen molar-refractivity contribution in [2.75, 3.05) is 19.6 Å². The highest BCUT2D eigenvalue weighted by atomic mass is 35.5. The average Bonchev–Trinajstić information content (AvgIpc) is 3.06. The van der Waals surface area contributed by atoms with E-state index in [1.165, 1.54) is 5.56 Å². The molecule has 0 spiro atoms. The number of halogens is 2. The maximum Gasteiger partial charge on any atom is 0.226 e. The van der Waals surface area contributed by atoms with Crippen molar-refractivity contribution in [3.05, 3.63) is 57.6 Å². The fourth-order valence-corrected chi connectivity index (χ4v) is 5.03. The van der Waals surface area contributed by atoms with Gasteiger partial charge in [-0.25, -0.2) is 0 Å². The Bertz CT molecular complexity index is 836. The number of aryl methyl sites for hydroxylation is 1. The van der Waals surface area contributed by atoms with E-state index in [-0.39, 0.29) is 11.8 Å². The molecule has 0 aromatic heterocycles. The van der Waals surface area contributed by atoms with E-state index in [2.05, 4.69) is 41.4 Å². The zero-order chi connectivity index (χ0) is 19.7. The van der Waals surface area contributed by atoms with Gasteiger partial charge in [0.2, 0.25) is 5.91 Å². The van der Waals surface area contributed by atoms with E-state index < -0.39 is 0 Å². The lowest BCUT2D eigenvalue weighted by Gasteiger charge is -2.31. The van der Waals surface area contributed by atoms with Crippen LogP contribution in [-0.2, 0) is 11.2 Å². The minimum Gasteiger partial charge on any atom is -0.339 e. The lowest BCUT2D eigenvalue weighted by atomic mass is 9.95. The molecule has 2 aromatic rings. The second-order valence-electron chi connectivity index (χ2n) is 7.99. The van der Waals surface area contributed by atoms with Crippen LogP contribution in [0, 0.1) is 12.8 Å². The monoisotopic (exact) mass is 416 g/mol. The molecular weight excluding hydrogens is 391 g/mol. The summed E-state index contributed by atoms with van der Waals surface area (Å²) in [6, 6.07) is 12.6. The number of benzene rings is 2. The first-order valence-corrected chi connectivity index (χ1v) is 10.8. The Labute approximate surface area is 177 Å². The largest absolute Gasteiger partial charge is 0.339 e. The quantitative estimate of drug-likeness (QED) is 0.750. The maximum atomic E-state index is 13.0. The highest BCUT2D eigenvalue weighted by molar-refractivity contribution is 6.36. The molecule has 2 aromatic carbocycles. The van der Waals surface area contributed by atoms with E-state index in [1.807, 2.05) is 12.1 Å². The van der Waals surface area contributed by atoms with Gasteiger partial charge in [-0.15, -0.1) is 0 Å². The molecule has 5 heteroatoms. The van der Waals surface area contributed by atoms with Crippen LogP contribution in [0.1, 0.15) is 30.4 Å². The van der Waals surface area contributed by atoms with Crippen LogP contribution in [-0.4, -0.2) is 36.5 Å². The van der Waals surface area contributed by atoms with Crippen molar-refractivity contribution < 1.29 is 4.79 Å². The summed E-state index contributed by atoms with van der Waals surface area (Å²) in [5.74, 6) is 0.247. The van der Waals surface area contributed by atoms with Crippen LogP contribution >= 0.6 is 23.2 Å². The Morgan fingerprint density at radius 1 is 1.00 bits per heavy atom. The number of hydrogen-bond donors (Lipinski definition) is 1. The number of carbonyl (C=O) groups excluding carboxylic acids is 1. The van der Waals surface area contributed by atoms with Gasteiger partial charge < -0.3 is 10.2 Å². The minimum atomic E-state index is -0.0184. The molecule has 0 bridgehead atoms. The topological polar surface area (TPSA) is 32.3 Å². The van der Waals surface area contributed by atoms with Crippen LogP contribution < -0.4 is 5.32 Å². The normalized spacial score (nSPS) is 20.8. The minimum absolute atomic E-state index is 0.0184. The van der Waals surface area contributed by atoms with E-state index in [1.54, 1.807) is 0 Å². The molecule has 0 radical (unpaired) electrons. The van der Waals surface area contributed by atoms with Crippen LogP contribution in [0.5, 0.6) is 0 Å². The second-order valence-corrected chi connectivity index (χ2v) is 8.80. The van der Waals surface area contributed by atoms with Gasteiger partial charge in [0, 0.05) is 28.5 Å². The smallest absolute Gasteiger partial charge is 0.226 e. The van der Waals surface area contributed by atoms with Gasteiger partial charge in [0.15, 0.2) is 0 Å². The molecule has 2 fully saturated rings. The van der Waals surface area contributed by atoms with Gasteiger partial charge in [0.05, 0.1) is 0 Å². The SMILES string of the molecule is Cc1ccc(-c2cc(Cl)c(C[C@@H]3CCN(C4CCNCC4)C3=O)c(Cl)c2)cc1. The van der Waals surface area contributed by atoms with Gasteiger partial charge in [0.1, 0.15) is 0 Å². The summed E-state index contributed by atoms with van der Waals surface area (Å²) in [4.78, 5) is 15.1. The standard InChI is InChI=1S/C23H26Cl2N2O/c1-15-2-4-16(5-3-15)18-13-21(24)20(22(25)14-18)12-17-8-11-27(23(17)28)19-6-9-26-10-7-19/h2-5,13-14,17,19,26H,6-12H2,1H3/t17-/m0/s1. The van der Waals surface area contributed by atoms with Crippen molar-refractivity contribution in [2.45, 2.75) is 38.6 Å². The van der Waals surface area contributed by atoms with Gasteiger partial charge in [-0.3, -0.25) is 4.79 Å². The first-order chi connectivity index (χ1) is 13.5. The average molecular weight is 417 g/mol. The van der Waals surface area contributed by atoms with Gasteiger partial charge in [-0.1, -0.05) is 53.0 Å². The summed E-state index contributed by atoms with van der Waals surface area (Å²) in [6.45, 7) is 4.91. The zero-order valence-electron chi connectivity index (χ0n) is 16.2. The molecule has 148 valence electrons. The molecule has 2 aliphatic rings. The Hall–Kier alpha value is -1.55. The molecule has 1 N–H and O–H groups in total. The highest BCUT2D eigenvalue weighted by Gasteiger charge is 2.36. The molecule has 2 aliphatic heterocycles. The van der Waals surface area contributed by atoms with Crippen molar-refractivity contribution in [1.29, 1.82) is 0 Å². The Kier molecular flexibility index (Phi) is 5.96. The molecule has 1 atom stereocenters. The van der Waals surface area contributed by atoms with E-state index in [9.17, 15) is 4.79 Å². The lowest BCUT2D eigenvalue weighted by Crippen LogP contribution is -2.44. The number of carbonyl (C=O) groups is 1. The van der Waals surface area contributed by atoms with Gasteiger partial charge in [0.25, 0.3) is 0 Å². The van der Waals surface area contributed by atoms with Gasteiger partial charge >= 0.3 is 0 Å². The van der Waals surface area contributed by atoms with Crippen molar-refractivity contribution >= 4 is 29.1 Å². The molecule has 4 rings (SSSR count). The number of rotatable bonds is 4.